The third-order valence-electron chi connectivity index (χ3n) is 3.13. The number of pyridine rings is 1. The first-order valence-electron chi connectivity index (χ1n) is 5.65. The second-order valence-corrected chi connectivity index (χ2v) is 4.84. The second kappa shape index (κ2) is 4.07. The third-order valence-corrected chi connectivity index (χ3v) is 3.35. The molecule has 4 heteroatoms. The van der Waals surface area contributed by atoms with Gasteiger partial charge in [-0.15, -0.1) is 0 Å². The van der Waals surface area contributed by atoms with Gasteiger partial charge in [0.25, 0.3) is 0 Å². The molecule has 0 aromatic carbocycles. The number of aromatic nitrogens is 2. The Morgan fingerprint density at radius 3 is 3.19 bits per heavy atom. The SMILES string of the molecule is Clc1ccc2nc(CC3CCNC3)cn2c1. The lowest BCUT2D eigenvalue weighted by Crippen LogP contribution is -2.10. The summed E-state index contributed by atoms with van der Waals surface area (Å²) >= 11 is 5.94. The van der Waals surface area contributed by atoms with Gasteiger partial charge >= 0.3 is 0 Å². The second-order valence-electron chi connectivity index (χ2n) is 4.41. The van der Waals surface area contributed by atoms with Crippen LogP contribution in [0.3, 0.4) is 0 Å². The fourth-order valence-electron chi connectivity index (χ4n) is 2.30. The fourth-order valence-corrected chi connectivity index (χ4v) is 2.47. The predicted molar refractivity (Wildman–Crippen MR) is 64.9 cm³/mol. The Hall–Kier alpha value is -1.06. The molecule has 0 bridgehead atoms. The molecule has 1 unspecified atom stereocenters. The van der Waals surface area contributed by atoms with E-state index in [-0.39, 0.29) is 0 Å². The van der Waals surface area contributed by atoms with Crippen molar-refractivity contribution in [1.29, 1.82) is 0 Å². The zero-order valence-corrected chi connectivity index (χ0v) is 9.74. The van der Waals surface area contributed by atoms with Crippen LogP contribution in [0.25, 0.3) is 5.65 Å². The Kier molecular flexibility index (Phi) is 2.58. The lowest BCUT2D eigenvalue weighted by molar-refractivity contribution is 0.573. The van der Waals surface area contributed by atoms with Gasteiger partial charge in [-0.2, -0.15) is 0 Å². The van der Waals surface area contributed by atoms with Crippen LogP contribution in [0.5, 0.6) is 0 Å². The average Bonchev–Trinajstić information content (AvgIpc) is 2.86. The number of hydrogen-bond acceptors (Lipinski definition) is 2. The Bertz CT molecular complexity index is 500. The minimum absolute atomic E-state index is 0.736. The van der Waals surface area contributed by atoms with E-state index >= 15 is 0 Å². The standard InChI is InChI=1S/C12H14ClN3/c13-10-1-2-12-15-11(8-16(12)7-10)5-9-3-4-14-6-9/h1-2,7-9,14H,3-6H2. The smallest absolute Gasteiger partial charge is 0.137 e. The molecule has 0 aliphatic carbocycles. The van der Waals surface area contributed by atoms with Crippen molar-refractivity contribution >= 4 is 17.2 Å². The Morgan fingerprint density at radius 1 is 1.44 bits per heavy atom. The maximum atomic E-state index is 5.94. The first-order chi connectivity index (χ1) is 7.81. The summed E-state index contributed by atoms with van der Waals surface area (Å²) in [5.41, 5.74) is 2.14. The van der Waals surface area contributed by atoms with Crippen LogP contribution in [0.4, 0.5) is 0 Å². The van der Waals surface area contributed by atoms with Gasteiger partial charge < -0.3 is 9.72 Å². The molecule has 2 aromatic heterocycles. The maximum absolute atomic E-state index is 5.94. The van der Waals surface area contributed by atoms with Crippen LogP contribution in [-0.4, -0.2) is 22.5 Å². The molecule has 1 N–H and O–H groups in total. The van der Waals surface area contributed by atoms with E-state index in [0.717, 1.165) is 41.8 Å². The van der Waals surface area contributed by atoms with Crippen LogP contribution in [0.1, 0.15) is 12.1 Å². The van der Waals surface area contributed by atoms with Crippen LogP contribution in [0.2, 0.25) is 5.02 Å². The predicted octanol–water partition coefficient (Wildman–Crippen LogP) is 2.14. The van der Waals surface area contributed by atoms with Crippen LogP contribution in [0, 0.1) is 5.92 Å². The molecule has 3 heterocycles. The van der Waals surface area contributed by atoms with Gasteiger partial charge in [0, 0.05) is 12.4 Å². The summed E-state index contributed by atoms with van der Waals surface area (Å²) in [4.78, 5) is 4.59. The number of rotatable bonds is 2. The summed E-state index contributed by atoms with van der Waals surface area (Å²) in [5, 5.41) is 4.13. The number of halogens is 1. The number of nitrogens with zero attached hydrogens (tertiary/aromatic N) is 2. The summed E-state index contributed by atoms with van der Waals surface area (Å²) in [5.74, 6) is 0.736. The van der Waals surface area contributed by atoms with Gasteiger partial charge in [-0.25, -0.2) is 4.98 Å². The van der Waals surface area contributed by atoms with E-state index in [1.165, 1.54) is 6.42 Å². The minimum atomic E-state index is 0.736. The fraction of sp³-hybridized carbons (Fsp3) is 0.417. The summed E-state index contributed by atoms with van der Waals surface area (Å²) < 4.78 is 2.00. The molecule has 0 saturated carbocycles. The lowest BCUT2D eigenvalue weighted by Gasteiger charge is -2.03. The van der Waals surface area contributed by atoms with Gasteiger partial charge in [0.05, 0.1) is 10.7 Å². The number of nitrogens with one attached hydrogen (secondary N) is 1. The van der Waals surface area contributed by atoms with Gasteiger partial charge in [0.1, 0.15) is 5.65 Å². The van der Waals surface area contributed by atoms with Crippen LogP contribution >= 0.6 is 11.6 Å². The molecule has 0 spiro atoms. The molecule has 3 rings (SSSR count). The van der Waals surface area contributed by atoms with Crippen molar-refractivity contribution in [2.75, 3.05) is 13.1 Å². The first-order valence-corrected chi connectivity index (χ1v) is 6.03. The van der Waals surface area contributed by atoms with Crippen molar-refractivity contribution in [2.24, 2.45) is 5.92 Å². The highest BCUT2D eigenvalue weighted by molar-refractivity contribution is 6.30. The quantitative estimate of drug-likeness (QED) is 0.864. The first kappa shape index (κ1) is 10.1. The molecule has 1 saturated heterocycles. The molecule has 1 aliphatic heterocycles. The van der Waals surface area contributed by atoms with Crippen molar-refractivity contribution in [3.05, 3.63) is 35.2 Å². The van der Waals surface area contributed by atoms with Crippen molar-refractivity contribution in [3.8, 4) is 0 Å². The highest BCUT2D eigenvalue weighted by atomic mass is 35.5. The molecular formula is C12H14ClN3. The van der Waals surface area contributed by atoms with Gasteiger partial charge in [-0.05, 0) is 44.0 Å². The summed E-state index contributed by atoms with van der Waals surface area (Å²) in [7, 11) is 0. The largest absolute Gasteiger partial charge is 0.316 e. The molecule has 3 nitrogen and oxygen atoms in total. The molecule has 1 atom stereocenters. The van der Waals surface area contributed by atoms with Crippen molar-refractivity contribution in [2.45, 2.75) is 12.8 Å². The molecule has 16 heavy (non-hydrogen) atoms. The molecule has 84 valence electrons. The van der Waals surface area contributed by atoms with E-state index in [1.54, 1.807) is 0 Å². The van der Waals surface area contributed by atoms with Crippen molar-refractivity contribution in [3.63, 3.8) is 0 Å². The van der Waals surface area contributed by atoms with E-state index in [1.807, 2.05) is 22.7 Å². The summed E-state index contributed by atoms with van der Waals surface area (Å²) in [6, 6.07) is 3.84. The third kappa shape index (κ3) is 1.93. The highest BCUT2D eigenvalue weighted by Gasteiger charge is 2.16. The van der Waals surface area contributed by atoms with E-state index in [4.69, 9.17) is 11.6 Å². The van der Waals surface area contributed by atoms with Crippen molar-refractivity contribution in [1.82, 2.24) is 14.7 Å². The van der Waals surface area contributed by atoms with Gasteiger partial charge in [0.15, 0.2) is 0 Å². The van der Waals surface area contributed by atoms with Gasteiger partial charge in [0.2, 0.25) is 0 Å². The van der Waals surface area contributed by atoms with Crippen LogP contribution in [0.15, 0.2) is 24.5 Å². The monoisotopic (exact) mass is 235 g/mol. The average molecular weight is 236 g/mol. The van der Waals surface area contributed by atoms with Crippen molar-refractivity contribution < 1.29 is 0 Å². The molecule has 1 aliphatic rings. The van der Waals surface area contributed by atoms with E-state index < -0.39 is 0 Å². The molecule has 2 aromatic rings. The molecule has 0 radical (unpaired) electrons. The van der Waals surface area contributed by atoms with Gasteiger partial charge in [-0.1, -0.05) is 11.6 Å². The van der Waals surface area contributed by atoms with Gasteiger partial charge in [-0.3, -0.25) is 0 Å². The van der Waals surface area contributed by atoms with E-state index in [0.29, 0.717) is 0 Å². The lowest BCUT2D eigenvalue weighted by atomic mass is 10.0. The molecule has 1 fully saturated rings. The molecular weight excluding hydrogens is 222 g/mol. The number of hydrogen-bond donors (Lipinski definition) is 1. The number of fused-ring (bicyclic) bond motifs is 1. The maximum Gasteiger partial charge on any atom is 0.137 e. The highest BCUT2D eigenvalue weighted by Crippen LogP contribution is 2.17. The Morgan fingerprint density at radius 2 is 2.38 bits per heavy atom. The van der Waals surface area contributed by atoms with Crippen LogP contribution in [-0.2, 0) is 6.42 Å². The van der Waals surface area contributed by atoms with Crippen LogP contribution < -0.4 is 5.32 Å². The number of imidazole rings is 1. The Labute approximate surface area is 99.4 Å². The topological polar surface area (TPSA) is 29.3 Å². The minimum Gasteiger partial charge on any atom is -0.316 e. The molecule has 0 amide bonds. The normalized spacial score (nSPS) is 20.7. The Balaban J connectivity index is 1.86. The summed E-state index contributed by atoms with van der Waals surface area (Å²) in [6.07, 6.45) is 6.31. The summed E-state index contributed by atoms with van der Waals surface area (Å²) in [6.45, 7) is 2.26. The van der Waals surface area contributed by atoms with E-state index in [2.05, 4.69) is 16.5 Å². The zero-order valence-electron chi connectivity index (χ0n) is 8.99. The zero-order chi connectivity index (χ0) is 11.0. The van der Waals surface area contributed by atoms with E-state index in [9.17, 15) is 0 Å².